The molecular weight excluding hydrogens is 454 g/mol. The van der Waals surface area contributed by atoms with Gasteiger partial charge in [0.25, 0.3) is 0 Å². The number of rotatable bonds is 7. The predicted molar refractivity (Wildman–Crippen MR) is 122 cm³/mol. The van der Waals surface area contributed by atoms with Crippen LogP contribution in [-0.2, 0) is 5.41 Å². The molecule has 0 atom stereocenters. The molecule has 152 valence electrons. The molecule has 1 aromatic carbocycles. The zero-order valence-electron chi connectivity index (χ0n) is 16.6. The molecule has 3 rings (SSSR count). The van der Waals surface area contributed by atoms with Gasteiger partial charge >= 0.3 is 0 Å². The molecule has 2 N–H and O–H groups in total. The van der Waals surface area contributed by atoms with Gasteiger partial charge in [-0.15, -0.1) is 24.0 Å². The molecule has 0 amide bonds. The molecule has 1 aromatic rings. The van der Waals surface area contributed by atoms with E-state index in [4.69, 9.17) is 4.99 Å². The molecule has 0 radical (unpaired) electrons. The molecule has 0 unspecified atom stereocenters. The highest BCUT2D eigenvalue weighted by Crippen LogP contribution is 2.48. The molecule has 1 heterocycles. The molecule has 27 heavy (non-hydrogen) atoms. The predicted octanol–water partition coefficient (Wildman–Crippen LogP) is 3.76. The largest absolute Gasteiger partial charge is 0.357 e. The first-order valence-corrected chi connectivity index (χ1v) is 10.1. The Labute approximate surface area is 180 Å². The average molecular weight is 488 g/mol. The first-order valence-electron chi connectivity index (χ1n) is 10.1. The molecule has 0 spiro atoms. The molecule has 1 aliphatic carbocycles. The van der Waals surface area contributed by atoms with E-state index in [1.165, 1.54) is 38.4 Å². The van der Waals surface area contributed by atoms with E-state index < -0.39 is 0 Å². The van der Waals surface area contributed by atoms with E-state index in [1.807, 2.05) is 6.07 Å². The van der Waals surface area contributed by atoms with Crippen LogP contribution < -0.4 is 10.6 Å². The standard InChI is InChI=1S/C21H33FN4.HI/c1-3-23-20(24-12-7-17-8-13-26(2)14-9-17)25-16-21(10-11-21)18-5-4-6-19(22)15-18;/h4-6,15,17H,3,7-14,16H2,1-2H3,(H2,23,24,25);1H. The maximum Gasteiger partial charge on any atom is 0.191 e. The smallest absolute Gasteiger partial charge is 0.191 e. The van der Waals surface area contributed by atoms with E-state index in [-0.39, 0.29) is 35.2 Å². The van der Waals surface area contributed by atoms with Crippen molar-refractivity contribution in [3.8, 4) is 0 Å². The van der Waals surface area contributed by atoms with Gasteiger partial charge in [-0.05, 0) is 82.8 Å². The Morgan fingerprint density at radius 2 is 2.00 bits per heavy atom. The Morgan fingerprint density at radius 3 is 2.63 bits per heavy atom. The number of hydrogen-bond acceptors (Lipinski definition) is 2. The molecule has 0 aromatic heterocycles. The van der Waals surface area contributed by atoms with Crippen LogP contribution in [0.2, 0.25) is 0 Å². The van der Waals surface area contributed by atoms with Gasteiger partial charge in [0.05, 0.1) is 6.54 Å². The fourth-order valence-electron chi connectivity index (χ4n) is 3.82. The second-order valence-electron chi connectivity index (χ2n) is 7.95. The number of nitrogens with one attached hydrogen (secondary N) is 2. The van der Waals surface area contributed by atoms with E-state index in [0.29, 0.717) is 0 Å². The molecule has 6 heteroatoms. The van der Waals surface area contributed by atoms with Crippen molar-refractivity contribution in [3.05, 3.63) is 35.6 Å². The Bertz CT molecular complexity index is 610. The molecule has 1 aliphatic heterocycles. The minimum atomic E-state index is -0.152. The van der Waals surface area contributed by atoms with Crippen LogP contribution in [0, 0.1) is 11.7 Å². The number of likely N-dealkylation sites (tertiary alicyclic amines) is 1. The minimum absolute atomic E-state index is 0. The molecule has 2 fully saturated rings. The summed E-state index contributed by atoms with van der Waals surface area (Å²) in [6.07, 6.45) is 5.99. The number of hydrogen-bond donors (Lipinski definition) is 2. The Morgan fingerprint density at radius 1 is 1.26 bits per heavy atom. The fourth-order valence-corrected chi connectivity index (χ4v) is 3.82. The Kier molecular flexibility index (Phi) is 8.79. The zero-order chi connectivity index (χ0) is 18.4. The first-order chi connectivity index (χ1) is 12.6. The lowest BCUT2D eigenvalue weighted by molar-refractivity contribution is 0.213. The summed E-state index contributed by atoms with van der Waals surface area (Å²) < 4.78 is 13.5. The summed E-state index contributed by atoms with van der Waals surface area (Å²) in [7, 11) is 2.21. The van der Waals surface area contributed by atoms with Crippen LogP contribution in [0.25, 0.3) is 0 Å². The van der Waals surface area contributed by atoms with E-state index in [9.17, 15) is 4.39 Å². The number of piperidine rings is 1. The Balaban J connectivity index is 0.00000261. The quantitative estimate of drug-likeness (QED) is 0.349. The number of halogens is 2. The lowest BCUT2D eigenvalue weighted by Gasteiger charge is -2.29. The van der Waals surface area contributed by atoms with Gasteiger partial charge < -0.3 is 15.5 Å². The molecule has 2 aliphatic rings. The highest BCUT2D eigenvalue weighted by Gasteiger charge is 2.44. The summed E-state index contributed by atoms with van der Waals surface area (Å²) in [4.78, 5) is 7.23. The van der Waals surface area contributed by atoms with E-state index in [0.717, 1.165) is 49.9 Å². The lowest BCUT2D eigenvalue weighted by Crippen LogP contribution is -2.39. The summed E-state index contributed by atoms with van der Waals surface area (Å²) in [6, 6.07) is 7.02. The maximum absolute atomic E-state index is 13.5. The number of aliphatic imine (C=N–C) groups is 1. The van der Waals surface area contributed by atoms with Gasteiger partial charge in [0.1, 0.15) is 5.82 Å². The molecule has 1 saturated carbocycles. The van der Waals surface area contributed by atoms with Gasteiger partial charge in [0, 0.05) is 18.5 Å². The first kappa shape index (κ1) is 22.4. The van der Waals surface area contributed by atoms with Crippen LogP contribution in [0.4, 0.5) is 4.39 Å². The van der Waals surface area contributed by atoms with Gasteiger partial charge in [-0.3, -0.25) is 4.99 Å². The maximum atomic E-state index is 13.5. The SMILES string of the molecule is CCNC(=NCC1(c2cccc(F)c2)CC1)NCCC1CCN(C)CC1.I. The molecule has 4 nitrogen and oxygen atoms in total. The van der Waals surface area contributed by atoms with Crippen molar-refractivity contribution in [1.82, 2.24) is 15.5 Å². The summed E-state index contributed by atoms with van der Waals surface area (Å²) >= 11 is 0. The number of nitrogens with zero attached hydrogens (tertiary/aromatic N) is 2. The van der Waals surface area contributed by atoms with Crippen molar-refractivity contribution in [2.75, 3.05) is 39.8 Å². The second-order valence-corrected chi connectivity index (χ2v) is 7.95. The van der Waals surface area contributed by atoms with Crippen LogP contribution in [0.5, 0.6) is 0 Å². The van der Waals surface area contributed by atoms with Crippen LogP contribution in [0.3, 0.4) is 0 Å². The number of guanidine groups is 1. The third-order valence-electron chi connectivity index (χ3n) is 5.86. The van der Waals surface area contributed by atoms with Gasteiger partial charge in [0.15, 0.2) is 5.96 Å². The van der Waals surface area contributed by atoms with E-state index in [2.05, 4.69) is 29.5 Å². The molecular formula is C21H34FIN4. The summed E-state index contributed by atoms with van der Waals surface area (Å²) in [5, 5.41) is 6.84. The van der Waals surface area contributed by atoms with Crippen molar-refractivity contribution < 1.29 is 4.39 Å². The normalized spacial score (nSPS) is 20.0. The number of benzene rings is 1. The van der Waals surface area contributed by atoms with Crippen LogP contribution in [-0.4, -0.2) is 50.6 Å². The van der Waals surface area contributed by atoms with Gasteiger partial charge in [-0.1, -0.05) is 12.1 Å². The summed E-state index contributed by atoms with van der Waals surface area (Å²) in [6.45, 7) is 7.07. The van der Waals surface area contributed by atoms with Crippen molar-refractivity contribution in [2.45, 2.75) is 44.4 Å². The fraction of sp³-hybridized carbons (Fsp3) is 0.667. The van der Waals surface area contributed by atoms with Crippen LogP contribution in [0.1, 0.15) is 44.6 Å². The summed E-state index contributed by atoms with van der Waals surface area (Å²) in [5.74, 6) is 1.56. The minimum Gasteiger partial charge on any atom is -0.357 e. The third-order valence-corrected chi connectivity index (χ3v) is 5.86. The van der Waals surface area contributed by atoms with Crippen molar-refractivity contribution in [1.29, 1.82) is 0 Å². The highest BCUT2D eigenvalue weighted by molar-refractivity contribution is 14.0. The van der Waals surface area contributed by atoms with E-state index >= 15 is 0 Å². The summed E-state index contributed by atoms with van der Waals surface area (Å²) in [5.41, 5.74) is 1.13. The topological polar surface area (TPSA) is 39.7 Å². The monoisotopic (exact) mass is 488 g/mol. The molecule has 0 bridgehead atoms. The Hall–Kier alpha value is -0.890. The van der Waals surface area contributed by atoms with Gasteiger partial charge in [-0.25, -0.2) is 4.39 Å². The second kappa shape index (κ2) is 10.6. The van der Waals surface area contributed by atoms with Crippen molar-refractivity contribution in [3.63, 3.8) is 0 Å². The van der Waals surface area contributed by atoms with E-state index in [1.54, 1.807) is 12.1 Å². The van der Waals surface area contributed by atoms with Crippen LogP contribution >= 0.6 is 24.0 Å². The lowest BCUT2D eigenvalue weighted by atomic mass is 9.94. The highest BCUT2D eigenvalue weighted by atomic mass is 127. The van der Waals surface area contributed by atoms with Gasteiger partial charge in [-0.2, -0.15) is 0 Å². The van der Waals surface area contributed by atoms with Crippen LogP contribution in [0.15, 0.2) is 29.3 Å². The zero-order valence-corrected chi connectivity index (χ0v) is 19.0. The third kappa shape index (κ3) is 6.59. The average Bonchev–Trinajstić information content (AvgIpc) is 3.43. The molecule has 1 saturated heterocycles. The van der Waals surface area contributed by atoms with Gasteiger partial charge in [0.2, 0.25) is 0 Å². The van der Waals surface area contributed by atoms with Crippen molar-refractivity contribution >= 4 is 29.9 Å². The van der Waals surface area contributed by atoms with Crippen molar-refractivity contribution in [2.24, 2.45) is 10.9 Å².